The molecule has 25 aromatic rings. The van der Waals surface area contributed by atoms with Crippen LogP contribution >= 0.6 is 22.7 Å². The van der Waals surface area contributed by atoms with Gasteiger partial charge in [0.15, 0.2) is 34.9 Å². The van der Waals surface area contributed by atoms with Crippen LogP contribution in [-0.4, -0.2) is 29.9 Å². The third kappa shape index (κ3) is 13.7. The maximum absolute atomic E-state index is 5.60. The van der Waals surface area contributed by atoms with E-state index in [1.165, 1.54) is 140 Å². The van der Waals surface area contributed by atoms with Gasteiger partial charge in [-0.1, -0.05) is 443 Å². The van der Waals surface area contributed by atoms with Crippen LogP contribution in [0.4, 0.5) is 0 Å². The van der Waals surface area contributed by atoms with Crippen LogP contribution in [-0.2, 0) is 10.8 Å². The van der Waals surface area contributed by atoms with Gasteiger partial charge in [0.25, 0.3) is 0 Å². The standard InChI is InChI=1S/C66H41N3S.C64H41N3S/c1-4-20-42(21-5-1)63-67-64(69-65(68-63)56-34-19-36-59-61(56)55-31-14-16-35-58(55)66(59,47-23-6-2-7-24-47)48-25-8-3-9-26-48)46-39-44(50-32-18-33-54-53-30-15-17-37-60(53)70-62(50)54)38-45(40-46)57-41-43-22-10-11-27-49(43)51-28-12-13-29-52(51)57;1-5-19-42(20-6-1)43-35-37-44(38-36-43)46-39-47(51-29-17-30-53-52-27-14-16-34-58(52)68-60(51)53)41-48(40-46)62-65-61(45-21-7-2-8-22-45)66-63(67-62)55-31-18-33-57-59(55)54-28-13-15-32-56(54)64(57,49-23-9-3-10-24-49)50-25-11-4-12-26-50/h1-41H;1-41H. The van der Waals surface area contributed by atoms with E-state index in [-0.39, 0.29) is 0 Å². The zero-order valence-corrected chi connectivity index (χ0v) is 76.5. The minimum atomic E-state index is -0.567. The highest BCUT2D eigenvalue weighted by Crippen LogP contribution is 2.61. The van der Waals surface area contributed by atoms with Gasteiger partial charge in [-0.25, -0.2) is 29.9 Å². The molecule has 27 rings (SSSR count). The quantitative estimate of drug-likeness (QED) is 0.0952. The minimum absolute atomic E-state index is 0.560. The van der Waals surface area contributed by atoms with Crippen molar-refractivity contribution >= 4 is 84.6 Å². The summed E-state index contributed by atoms with van der Waals surface area (Å²) in [4.78, 5) is 32.7. The van der Waals surface area contributed by atoms with Crippen LogP contribution < -0.4 is 0 Å². The molecule has 2 aliphatic carbocycles. The molecule has 0 saturated heterocycles. The van der Waals surface area contributed by atoms with Crippen LogP contribution in [0.15, 0.2) is 497 Å². The number of nitrogens with zero attached hydrogens (tertiary/aromatic N) is 6. The Hall–Kier alpha value is -17.4. The predicted octanol–water partition coefficient (Wildman–Crippen LogP) is 33.8. The first-order valence-corrected chi connectivity index (χ1v) is 48.6. The van der Waals surface area contributed by atoms with E-state index in [4.69, 9.17) is 29.9 Å². The van der Waals surface area contributed by atoms with Crippen molar-refractivity contribution in [3.05, 3.63) is 542 Å². The molecule has 21 aromatic carbocycles. The zero-order valence-electron chi connectivity index (χ0n) is 74.8. The molecule has 2 aliphatic rings. The van der Waals surface area contributed by atoms with Crippen LogP contribution in [0.5, 0.6) is 0 Å². The summed E-state index contributed by atoms with van der Waals surface area (Å²) in [6.07, 6.45) is 0. The van der Waals surface area contributed by atoms with Gasteiger partial charge in [0.1, 0.15) is 0 Å². The van der Waals surface area contributed by atoms with Gasteiger partial charge in [-0.05, 0) is 199 Å². The third-order valence-corrected chi connectivity index (χ3v) is 30.4. The van der Waals surface area contributed by atoms with E-state index in [0.717, 1.165) is 77.9 Å². The highest BCUT2D eigenvalue weighted by atomic mass is 32.1. The molecule has 4 heterocycles. The molecule has 0 atom stereocenters. The van der Waals surface area contributed by atoms with Crippen molar-refractivity contribution < 1.29 is 0 Å². The minimum Gasteiger partial charge on any atom is -0.208 e. The van der Waals surface area contributed by atoms with Crippen LogP contribution in [0.3, 0.4) is 0 Å². The monoisotopic (exact) mass is 1790 g/mol. The van der Waals surface area contributed by atoms with Crippen molar-refractivity contribution in [1.29, 1.82) is 0 Å². The molecule has 644 valence electrons. The molecule has 138 heavy (non-hydrogen) atoms. The van der Waals surface area contributed by atoms with E-state index in [1.807, 2.05) is 46.9 Å². The maximum Gasteiger partial charge on any atom is 0.164 e. The first kappa shape index (κ1) is 81.4. The molecular weight excluding hydrogens is 1710 g/mol. The van der Waals surface area contributed by atoms with Crippen molar-refractivity contribution in [3.63, 3.8) is 0 Å². The van der Waals surface area contributed by atoms with Gasteiger partial charge in [-0.2, -0.15) is 0 Å². The Labute approximate surface area is 807 Å². The first-order valence-electron chi connectivity index (χ1n) is 46.9. The SMILES string of the molecule is c1ccc(-c2ccc(-c3cc(-c4nc(-c5ccccc5)nc(-c5cccc6c5-c5ccccc5C6(c5ccccc5)c5ccccc5)n4)cc(-c4cccc5c4sc4ccccc45)c3)cc2)cc1.c1ccc(-c2nc(-c3cc(-c4cc5ccccc5c5ccccc45)cc(-c4cccc5c4sc4ccccc45)c3)nc(-c3cccc4c3-c3ccccc3C4(c3ccccc3)c3ccccc3)n2)cc1. The van der Waals surface area contributed by atoms with Gasteiger partial charge in [-0.15, -0.1) is 22.7 Å². The van der Waals surface area contributed by atoms with E-state index in [2.05, 4.69) is 473 Å². The molecule has 0 unspecified atom stereocenters. The van der Waals surface area contributed by atoms with E-state index >= 15 is 0 Å². The summed E-state index contributed by atoms with van der Waals surface area (Å²) in [6, 6.07) is 179. The molecule has 0 saturated carbocycles. The molecule has 6 nitrogen and oxygen atoms in total. The lowest BCUT2D eigenvalue weighted by Gasteiger charge is -2.33. The number of fused-ring (bicyclic) bond motifs is 15. The molecule has 8 heteroatoms. The maximum atomic E-state index is 5.60. The third-order valence-electron chi connectivity index (χ3n) is 28.0. The summed E-state index contributed by atoms with van der Waals surface area (Å²) >= 11 is 3.70. The van der Waals surface area contributed by atoms with Crippen LogP contribution in [0.2, 0.25) is 0 Å². The van der Waals surface area contributed by atoms with E-state index < -0.39 is 10.8 Å². The topological polar surface area (TPSA) is 77.3 Å². The fourth-order valence-corrected chi connectivity index (χ4v) is 24.4. The highest BCUT2D eigenvalue weighted by molar-refractivity contribution is 7.26. The average molecular weight is 1790 g/mol. The second-order valence-electron chi connectivity index (χ2n) is 35.6. The summed E-state index contributed by atoms with van der Waals surface area (Å²) in [7, 11) is 0. The Morgan fingerprint density at radius 3 is 0.884 bits per heavy atom. The van der Waals surface area contributed by atoms with E-state index in [1.54, 1.807) is 0 Å². The van der Waals surface area contributed by atoms with Crippen molar-refractivity contribution in [3.8, 4) is 146 Å². The van der Waals surface area contributed by atoms with Crippen molar-refractivity contribution in [2.75, 3.05) is 0 Å². The van der Waals surface area contributed by atoms with Gasteiger partial charge in [0, 0.05) is 73.7 Å². The Morgan fingerprint density at radius 2 is 0.435 bits per heavy atom. The van der Waals surface area contributed by atoms with Gasteiger partial charge >= 0.3 is 0 Å². The average Bonchev–Trinajstić information content (AvgIpc) is 1.53. The summed E-state index contributed by atoms with van der Waals surface area (Å²) < 4.78 is 5.07. The summed E-state index contributed by atoms with van der Waals surface area (Å²) in [5.74, 6) is 3.73. The zero-order chi connectivity index (χ0) is 91.2. The van der Waals surface area contributed by atoms with Crippen LogP contribution in [0.25, 0.3) is 208 Å². The van der Waals surface area contributed by atoms with Crippen molar-refractivity contribution in [2.45, 2.75) is 10.8 Å². The molecule has 4 aromatic heterocycles. The predicted molar refractivity (Wildman–Crippen MR) is 575 cm³/mol. The fourth-order valence-electron chi connectivity index (χ4n) is 21.9. The molecule has 0 bridgehead atoms. The van der Waals surface area contributed by atoms with Gasteiger partial charge in [-0.3, -0.25) is 0 Å². The Kier molecular flexibility index (Phi) is 20.0. The number of thiophene rings is 2. The van der Waals surface area contributed by atoms with E-state index in [0.29, 0.717) is 34.9 Å². The van der Waals surface area contributed by atoms with Gasteiger partial charge < -0.3 is 0 Å². The Bertz CT molecular complexity index is 8980. The molecule has 0 fully saturated rings. The second kappa shape index (κ2) is 34.0. The Balaban J connectivity index is 0.000000143. The second-order valence-corrected chi connectivity index (χ2v) is 37.8. The molecule has 0 aliphatic heterocycles. The number of hydrogen-bond acceptors (Lipinski definition) is 8. The van der Waals surface area contributed by atoms with Crippen molar-refractivity contribution in [2.24, 2.45) is 0 Å². The largest absolute Gasteiger partial charge is 0.208 e. The molecular formula is C130H82N6S2. The van der Waals surface area contributed by atoms with Crippen LogP contribution in [0.1, 0.15) is 44.5 Å². The van der Waals surface area contributed by atoms with Gasteiger partial charge in [0.05, 0.1) is 10.8 Å². The lowest BCUT2D eigenvalue weighted by Crippen LogP contribution is -2.28. The lowest BCUT2D eigenvalue weighted by atomic mass is 9.67. The summed E-state index contributed by atoms with van der Waals surface area (Å²) in [6.45, 7) is 0. The smallest absolute Gasteiger partial charge is 0.164 e. The first-order chi connectivity index (χ1) is 68.4. The molecule has 0 spiro atoms. The number of rotatable bonds is 15. The number of aromatic nitrogens is 6. The fraction of sp³-hybridized carbons (Fsp3) is 0.0154. The molecule has 0 radical (unpaired) electrons. The lowest BCUT2D eigenvalue weighted by molar-refractivity contribution is 0.768. The number of hydrogen-bond donors (Lipinski definition) is 0. The number of benzene rings is 21. The van der Waals surface area contributed by atoms with Gasteiger partial charge in [0.2, 0.25) is 0 Å². The summed E-state index contributed by atoms with van der Waals surface area (Å²) in [5.41, 5.74) is 30.3. The highest BCUT2D eigenvalue weighted by Gasteiger charge is 2.49. The van der Waals surface area contributed by atoms with Crippen LogP contribution in [0, 0.1) is 0 Å². The van der Waals surface area contributed by atoms with E-state index in [9.17, 15) is 0 Å². The normalized spacial score (nSPS) is 12.6. The summed E-state index contributed by atoms with van der Waals surface area (Å²) in [5, 5.41) is 9.93. The molecule has 0 N–H and O–H groups in total. The molecule has 0 amide bonds. The van der Waals surface area contributed by atoms with Crippen molar-refractivity contribution in [1.82, 2.24) is 29.9 Å². The Morgan fingerprint density at radius 1 is 0.152 bits per heavy atom.